The molecule has 0 bridgehead atoms. The molecule has 19 heavy (non-hydrogen) atoms. The second kappa shape index (κ2) is 5.19. The van der Waals surface area contributed by atoms with Gasteiger partial charge in [-0.15, -0.1) is 0 Å². The molecule has 0 amide bonds. The number of benzene rings is 1. The Morgan fingerprint density at radius 3 is 2.74 bits per heavy atom. The largest absolute Gasteiger partial charge is 0.314 e. The van der Waals surface area contributed by atoms with Gasteiger partial charge in [-0.25, -0.2) is 4.68 Å². The van der Waals surface area contributed by atoms with Crippen molar-refractivity contribution in [1.82, 2.24) is 15.1 Å². The Bertz CT molecular complexity index is 619. The van der Waals surface area contributed by atoms with Crippen molar-refractivity contribution in [2.75, 3.05) is 7.05 Å². The van der Waals surface area contributed by atoms with Gasteiger partial charge in [-0.2, -0.15) is 5.10 Å². The number of rotatable bonds is 4. The Morgan fingerprint density at radius 2 is 2.11 bits per heavy atom. The van der Waals surface area contributed by atoms with Crippen molar-refractivity contribution < 1.29 is 4.92 Å². The maximum Gasteiger partial charge on any atom is 0.274 e. The molecule has 0 unspecified atom stereocenters. The van der Waals surface area contributed by atoms with Crippen molar-refractivity contribution in [2.24, 2.45) is 0 Å². The summed E-state index contributed by atoms with van der Waals surface area (Å²) in [5.74, 6) is 0. The lowest BCUT2D eigenvalue weighted by Gasteiger charge is -2.07. The third kappa shape index (κ3) is 2.63. The molecule has 1 N–H and O–H groups in total. The molecule has 1 heterocycles. The third-order valence-electron chi connectivity index (χ3n) is 2.96. The summed E-state index contributed by atoms with van der Waals surface area (Å²) >= 11 is 0. The summed E-state index contributed by atoms with van der Waals surface area (Å²) < 4.78 is 1.68. The molecule has 2 aromatic rings. The van der Waals surface area contributed by atoms with Gasteiger partial charge in [0, 0.05) is 24.4 Å². The molecule has 0 radical (unpaired) electrons. The van der Waals surface area contributed by atoms with Crippen LogP contribution in [0.4, 0.5) is 5.69 Å². The minimum atomic E-state index is -0.365. The first-order chi connectivity index (χ1) is 9.02. The highest BCUT2D eigenvalue weighted by Crippen LogP contribution is 2.25. The molecule has 0 saturated heterocycles. The van der Waals surface area contributed by atoms with E-state index in [0.29, 0.717) is 12.1 Å². The van der Waals surface area contributed by atoms with Gasteiger partial charge in [-0.1, -0.05) is 0 Å². The second-order valence-corrected chi connectivity index (χ2v) is 4.46. The van der Waals surface area contributed by atoms with Crippen molar-refractivity contribution in [2.45, 2.75) is 20.4 Å². The molecule has 0 fully saturated rings. The standard InChI is InChI=1S/C13H16N4O2/c1-9-6-10(2)13(17(18)19)7-12(9)16-5-4-11(15-16)8-14-3/h4-7,14H,8H2,1-3H3. The van der Waals surface area contributed by atoms with Crippen LogP contribution in [0.15, 0.2) is 24.4 Å². The van der Waals surface area contributed by atoms with Crippen LogP contribution < -0.4 is 5.32 Å². The van der Waals surface area contributed by atoms with E-state index in [4.69, 9.17) is 0 Å². The van der Waals surface area contributed by atoms with Crippen LogP contribution in [0.1, 0.15) is 16.8 Å². The first-order valence-corrected chi connectivity index (χ1v) is 5.98. The molecule has 0 atom stereocenters. The Balaban J connectivity index is 2.48. The lowest BCUT2D eigenvalue weighted by molar-refractivity contribution is -0.385. The number of hydrogen-bond donors (Lipinski definition) is 1. The third-order valence-corrected chi connectivity index (χ3v) is 2.96. The summed E-state index contributed by atoms with van der Waals surface area (Å²) in [5, 5.41) is 18.4. The Morgan fingerprint density at radius 1 is 1.37 bits per heavy atom. The number of nitrogens with zero attached hydrogens (tertiary/aromatic N) is 3. The van der Waals surface area contributed by atoms with E-state index in [1.165, 1.54) is 0 Å². The summed E-state index contributed by atoms with van der Waals surface area (Å²) in [4.78, 5) is 10.6. The SMILES string of the molecule is CNCc1ccn(-c2cc([N+](=O)[O-])c(C)cc2C)n1. The summed E-state index contributed by atoms with van der Waals surface area (Å²) in [6.45, 7) is 4.33. The van der Waals surface area contributed by atoms with E-state index in [1.54, 1.807) is 17.7 Å². The van der Waals surface area contributed by atoms with Crippen LogP contribution in [0, 0.1) is 24.0 Å². The molecule has 100 valence electrons. The highest BCUT2D eigenvalue weighted by Gasteiger charge is 2.15. The van der Waals surface area contributed by atoms with Crippen LogP contribution in [0.5, 0.6) is 0 Å². The lowest BCUT2D eigenvalue weighted by atomic mass is 10.1. The molecule has 2 rings (SSSR count). The number of nitro groups is 1. The first-order valence-electron chi connectivity index (χ1n) is 5.98. The number of nitro benzene ring substituents is 1. The van der Waals surface area contributed by atoms with Gasteiger partial charge in [0.25, 0.3) is 5.69 Å². The molecular weight excluding hydrogens is 244 g/mol. The van der Waals surface area contributed by atoms with E-state index in [1.807, 2.05) is 32.3 Å². The minimum Gasteiger partial charge on any atom is -0.314 e. The highest BCUT2D eigenvalue weighted by molar-refractivity contribution is 5.53. The van der Waals surface area contributed by atoms with Gasteiger partial charge in [-0.3, -0.25) is 10.1 Å². The fourth-order valence-electron chi connectivity index (χ4n) is 2.04. The number of aromatic nitrogens is 2. The molecule has 1 aromatic heterocycles. The van der Waals surface area contributed by atoms with E-state index in [-0.39, 0.29) is 10.6 Å². The molecule has 0 saturated carbocycles. The second-order valence-electron chi connectivity index (χ2n) is 4.46. The van der Waals surface area contributed by atoms with Gasteiger partial charge in [0.1, 0.15) is 0 Å². The number of hydrogen-bond acceptors (Lipinski definition) is 4. The molecule has 1 aromatic carbocycles. The fraction of sp³-hybridized carbons (Fsp3) is 0.308. The van der Waals surface area contributed by atoms with Gasteiger partial charge in [0.15, 0.2) is 0 Å². The number of aryl methyl sites for hydroxylation is 2. The molecule has 6 nitrogen and oxygen atoms in total. The van der Waals surface area contributed by atoms with Gasteiger partial charge in [0.2, 0.25) is 0 Å². The maximum atomic E-state index is 11.0. The summed E-state index contributed by atoms with van der Waals surface area (Å²) in [5.41, 5.74) is 3.37. The van der Waals surface area contributed by atoms with Crippen LogP contribution in [-0.2, 0) is 6.54 Å². The van der Waals surface area contributed by atoms with Crippen molar-refractivity contribution in [3.05, 3.63) is 51.3 Å². The summed E-state index contributed by atoms with van der Waals surface area (Å²) in [7, 11) is 1.85. The van der Waals surface area contributed by atoms with Crippen LogP contribution >= 0.6 is 0 Å². The monoisotopic (exact) mass is 260 g/mol. The van der Waals surface area contributed by atoms with E-state index in [2.05, 4.69) is 10.4 Å². The van der Waals surface area contributed by atoms with Crippen molar-refractivity contribution >= 4 is 5.69 Å². The molecule has 0 aliphatic carbocycles. The van der Waals surface area contributed by atoms with Gasteiger partial charge >= 0.3 is 0 Å². The minimum absolute atomic E-state index is 0.117. The molecule has 0 aliphatic rings. The van der Waals surface area contributed by atoms with E-state index >= 15 is 0 Å². The van der Waals surface area contributed by atoms with E-state index < -0.39 is 0 Å². The zero-order chi connectivity index (χ0) is 14.0. The predicted molar refractivity (Wildman–Crippen MR) is 72.5 cm³/mol. The quantitative estimate of drug-likeness (QED) is 0.675. The Labute approximate surface area is 111 Å². The normalized spacial score (nSPS) is 10.7. The van der Waals surface area contributed by atoms with Crippen LogP contribution in [0.3, 0.4) is 0 Å². The smallest absolute Gasteiger partial charge is 0.274 e. The molecular formula is C13H16N4O2. The Kier molecular flexibility index (Phi) is 3.62. The van der Waals surface area contributed by atoms with Gasteiger partial charge in [0.05, 0.1) is 16.3 Å². The van der Waals surface area contributed by atoms with Gasteiger partial charge < -0.3 is 5.32 Å². The average molecular weight is 260 g/mol. The first kappa shape index (κ1) is 13.2. The molecule has 6 heteroatoms. The Hall–Kier alpha value is -2.21. The van der Waals surface area contributed by atoms with Gasteiger partial charge in [-0.05, 0) is 38.6 Å². The zero-order valence-electron chi connectivity index (χ0n) is 11.2. The maximum absolute atomic E-state index is 11.0. The average Bonchev–Trinajstić information content (AvgIpc) is 2.77. The van der Waals surface area contributed by atoms with Crippen LogP contribution in [0.25, 0.3) is 5.69 Å². The van der Waals surface area contributed by atoms with Crippen molar-refractivity contribution in [1.29, 1.82) is 0 Å². The number of nitrogens with one attached hydrogen (secondary N) is 1. The molecule has 0 aliphatic heterocycles. The van der Waals surface area contributed by atoms with Crippen LogP contribution in [-0.4, -0.2) is 21.8 Å². The fourth-order valence-corrected chi connectivity index (χ4v) is 2.04. The van der Waals surface area contributed by atoms with Crippen molar-refractivity contribution in [3.8, 4) is 5.69 Å². The summed E-state index contributed by atoms with van der Waals surface area (Å²) in [6.07, 6.45) is 1.81. The van der Waals surface area contributed by atoms with E-state index in [0.717, 1.165) is 16.9 Å². The van der Waals surface area contributed by atoms with Crippen LogP contribution in [0.2, 0.25) is 0 Å². The summed E-state index contributed by atoms with van der Waals surface area (Å²) in [6, 6.07) is 5.27. The van der Waals surface area contributed by atoms with Crippen molar-refractivity contribution in [3.63, 3.8) is 0 Å². The topological polar surface area (TPSA) is 73.0 Å². The lowest BCUT2D eigenvalue weighted by Crippen LogP contribution is -2.07. The highest BCUT2D eigenvalue weighted by atomic mass is 16.6. The van der Waals surface area contributed by atoms with E-state index in [9.17, 15) is 10.1 Å². The zero-order valence-corrected chi connectivity index (χ0v) is 11.2. The molecule has 0 spiro atoms. The predicted octanol–water partition coefficient (Wildman–Crippen LogP) is 2.12.